The van der Waals surface area contributed by atoms with Crippen LogP contribution in [-0.2, 0) is 14.8 Å². The van der Waals surface area contributed by atoms with Crippen LogP contribution in [0.4, 0.5) is 0 Å². The van der Waals surface area contributed by atoms with Gasteiger partial charge in [-0.3, -0.25) is 4.79 Å². The maximum Gasteiger partial charge on any atom is 0.243 e. The van der Waals surface area contributed by atoms with Crippen molar-refractivity contribution in [1.82, 2.24) is 9.62 Å². The summed E-state index contributed by atoms with van der Waals surface area (Å²) in [5.74, 6) is 0.733. The number of para-hydroxylation sites is 1. The lowest BCUT2D eigenvalue weighted by molar-refractivity contribution is -0.124. The maximum absolute atomic E-state index is 12.7. The van der Waals surface area contributed by atoms with E-state index in [1.165, 1.54) is 7.05 Å². The van der Waals surface area contributed by atoms with Crippen LogP contribution in [-0.4, -0.2) is 45.1 Å². The number of ether oxygens (including phenoxy) is 1. The Morgan fingerprint density at radius 2 is 1.68 bits per heavy atom. The number of carbonyl (C=O) groups excluding carboxylic acids is 1. The predicted octanol–water partition coefficient (Wildman–Crippen LogP) is 2.94. The maximum atomic E-state index is 12.7. The second-order valence-corrected chi connectivity index (χ2v) is 8.97. The van der Waals surface area contributed by atoms with E-state index in [1.54, 1.807) is 24.3 Å². The van der Waals surface area contributed by atoms with Crippen molar-refractivity contribution in [3.05, 3.63) is 65.7 Å². The van der Waals surface area contributed by atoms with Crippen molar-refractivity contribution in [1.29, 1.82) is 0 Å². The monoisotopic (exact) mass is 404 g/mol. The summed E-state index contributed by atoms with van der Waals surface area (Å²) in [6, 6.07) is 15.7. The van der Waals surface area contributed by atoms with E-state index in [-0.39, 0.29) is 12.5 Å². The highest BCUT2D eigenvalue weighted by Crippen LogP contribution is 2.26. The molecular formula is C21H28N2O4S. The molecule has 0 heterocycles. The summed E-state index contributed by atoms with van der Waals surface area (Å²) in [6.07, 6.45) is 1.09. The first-order valence-corrected chi connectivity index (χ1v) is 11.0. The Labute approximate surface area is 167 Å². The van der Waals surface area contributed by atoms with Crippen LogP contribution in [0.1, 0.15) is 36.9 Å². The third kappa shape index (κ3) is 5.81. The Morgan fingerprint density at radius 3 is 2.29 bits per heavy atom. The van der Waals surface area contributed by atoms with Gasteiger partial charge in [0.15, 0.2) is 0 Å². The highest BCUT2D eigenvalue weighted by molar-refractivity contribution is 7.88. The second-order valence-electron chi connectivity index (χ2n) is 6.92. The highest BCUT2D eigenvalue weighted by Gasteiger charge is 2.30. The van der Waals surface area contributed by atoms with Gasteiger partial charge in [0.25, 0.3) is 0 Å². The molecule has 6 nitrogen and oxygen atoms in total. The molecule has 2 aromatic carbocycles. The third-order valence-corrected chi connectivity index (χ3v) is 5.71. The zero-order valence-electron chi connectivity index (χ0n) is 16.8. The molecule has 0 bridgehead atoms. The molecule has 0 saturated carbocycles. The minimum atomic E-state index is -3.54. The molecule has 0 aromatic heterocycles. The largest absolute Gasteiger partial charge is 0.491 e. The smallest absolute Gasteiger partial charge is 0.243 e. The van der Waals surface area contributed by atoms with E-state index < -0.39 is 16.1 Å². The van der Waals surface area contributed by atoms with Crippen molar-refractivity contribution < 1.29 is 17.9 Å². The van der Waals surface area contributed by atoms with Crippen LogP contribution in [0.25, 0.3) is 0 Å². The van der Waals surface area contributed by atoms with Crippen molar-refractivity contribution in [3.8, 4) is 5.75 Å². The van der Waals surface area contributed by atoms with E-state index in [9.17, 15) is 13.2 Å². The average molecular weight is 405 g/mol. The van der Waals surface area contributed by atoms with Crippen molar-refractivity contribution in [2.24, 2.45) is 0 Å². The molecule has 152 valence electrons. The lowest BCUT2D eigenvalue weighted by Gasteiger charge is -2.25. The molecule has 0 spiro atoms. The molecular weight excluding hydrogens is 376 g/mol. The van der Waals surface area contributed by atoms with Crippen LogP contribution < -0.4 is 10.1 Å². The van der Waals surface area contributed by atoms with Gasteiger partial charge in [0.1, 0.15) is 18.4 Å². The molecule has 1 atom stereocenters. The Hall–Kier alpha value is -2.38. The number of nitrogens with zero attached hydrogens (tertiary/aromatic N) is 1. The Kier molecular flexibility index (Phi) is 7.60. The molecule has 7 heteroatoms. The van der Waals surface area contributed by atoms with Crippen molar-refractivity contribution >= 4 is 15.9 Å². The molecule has 0 aliphatic rings. The third-order valence-electron chi connectivity index (χ3n) is 4.45. The standard InChI is InChI=1S/C21H28N2O4S/c1-16(2)18-12-8-9-13-19(18)27-15-14-22-21(24)20(23(3)28(4,25)26)17-10-6-5-7-11-17/h5-13,16,20H,14-15H2,1-4H3,(H,22,24)/t20-/m1/s1. The lowest BCUT2D eigenvalue weighted by Crippen LogP contribution is -2.42. The van der Waals surface area contributed by atoms with Gasteiger partial charge in [-0.05, 0) is 23.1 Å². The zero-order valence-corrected chi connectivity index (χ0v) is 17.6. The normalized spacial score (nSPS) is 12.8. The van der Waals surface area contributed by atoms with E-state index in [2.05, 4.69) is 19.2 Å². The summed E-state index contributed by atoms with van der Waals surface area (Å²) in [7, 11) is -2.14. The minimum Gasteiger partial charge on any atom is -0.491 e. The molecule has 0 unspecified atom stereocenters. The van der Waals surface area contributed by atoms with Crippen molar-refractivity contribution in [3.63, 3.8) is 0 Å². The SMILES string of the molecule is CC(C)c1ccccc1OCCNC(=O)[C@@H](c1ccccc1)N(C)S(C)(=O)=O. The molecule has 1 N–H and O–H groups in total. The number of rotatable bonds is 9. The summed E-state index contributed by atoms with van der Waals surface area (Å²) in [4.78, 5) is 12.7. The Morgan fingerprint density at radius 1 is 1.07 bits per heavy atom. The quantitative estimate of drug-likeness (QED) is 0.652. The number of hydrogen-bond donors (Lipinski definition) is 1. The van der Waals surface area contributed by atoms with Gasteiger partial charge in [-0.2, -0.15) is 4.31 Å². The van der Waals surface area contributed by atoms with E-state index in [0.717, 1.165) is 21.9 Å². The predicted molar refractivity (Wildman–Crippen MR) is 111 cm³/mol. The molecule has 0 radical (unpaired) electrons. The second kappa shape index (κ2) is 9.71. The van der Waals surface area contributed by atoms with Gasteiger partial charge in [-0.1, -0.05) is 62.4 Å². The number of hydrogen-bond acceptors (Lipinski definition) is 4. The topological polar surface area (TPSA) is 75.7 Å². The average Bonchev–Trinajstić information content (AvgIpc) is 2.65. The van der Waals surface area contributed by atoms with Crippen LogP contribution in [0, 0.1) is 0 Å². The molecule has 0 fully saturated rings. The van der Waals surface area contributed by atoms with Gasteiger partial charge in [0.2, 0.25) is 15.9 Å². The highest BCUT2D eigenvalue weighted by atomic mass is 32.2. The Balaban J connectivity index is 2.03. The first kappa shape index (κ1) is 21.9. The minimum absolute atomic E-state index is 0.270. The van der Waals surface area contributed by atoms with Crippen LogP contribution in [0.15, 0.2) is 54.6 Å². The van der Waals surface area contributed by atoms with Crippen LogP contribution in [0.2, 0.25) is 0 Å². The number of benzene rings is 2. The lowest BCUT2D eigenvalue weighted by atomic mass is 10.0. The number of sulfonamides is 1. The molecule has 2 rings (SSSR count). The van der Waals surface area contributed by atoms with Gasteiger partial charge >= 0.3 is 0 Å². The molecule has 0 saturated heterocycles. The van der Waals surface area contributed by atoms with Gasteiger partial charge < -0.3 is 10.1 Å². The fraction of sp³-hybridized carbons (Fsp3) is 0.381. The van der Waals surface area contributed by atoms with Crippen LogP contribution in [0.5, 0.6) is 5.75 Å². The number of likely N-dealkylation sites (N-methyl/N-ethyl adjacent to an activating group) is 1. The van der Waals surface area contributed by atoms with Crippen LogP contribution >= 0.6 is 0 Å². The van der Waals surface area contributed by atoms with E-state index in [0.29, 0.717) is 18.1 Å². The number of nitrogens with one attached hydrogen (secondary N) is 1. The molecule has 1 amide bonds. The molecule has 0 aliphatic carbocycles. The summed E-state index contributed by atoms with van der Waals surface area (Å²) in [5.41, 5.74) is 1.71. The first-order valence-electron chi connectivity index (χ1n) is 9.19. The zero-order chi connectivity index (χ0) is 20.7. The van der Waals surface area contributed by atoms with Gasteiger partial charge in [-0.15, -0.1) is 0 Å². The van der Waals surface area contributed by atoms with Gasteiger partial charge in [-0.25, -0.2) is 8.42 Å². The summed E-state index contributed by atoms with van der Waals surface area (Å²) in [6.45, 7) is 4.75. The van der Waals surface area contributed by atoms with E-state index in [4.69, 9.17) is 4.74 Å². The molecule has 0 aliphatic heterocycles. The van der Waals surface area contributed by atoms with Crippen molar-refractivity contribution in [2.45, 2.75) is 25.8 Å². The fourth-order valence-corrected chi connectivity index (χ4v) is 3.47. The summed E-state index contributed by atoms with van der Waals surface area (Å²) >= 11 is 0. The number of carbonyl (C=O) groups is 1. The Bertz CT molecular complexity index is 882. The first-order chi connectivity index (χ1) is 13.2. The van der Waals surface area contributed by atoms with Crippen LogP contribution in [0.3, 0.4) is 0 Å². The summed E-state index contributed by atoms with van der Waals surface area (Å²) in [5, 5.41) is 2.78. The van der Waals surface area contributed by atoms with E-state index >= 15 is 0 Å². The molecule has 2 aromatic rings. The van der Waals surface area contributed by atoms with Gasteiger partial charge in [0.05, 0.1) is 12.8 Å². The molecule has 28 heavy (non-hydrogen) atoms. The van der Waals surface area contributed by atoms with Gasteiger partial charge in [0, 0.05) is 7.05 Å². The van der Waals surface area contributed by atoms with Crippen molar-refractivity contribution in [2.75, 3.05) is 26.5 Å². The summed E-state index contributed by atoms with van der Waals surface area (Å²) < 4.78 is 30.9. The number of amides is 1. The van der Waals surface area contributed by atoms with E-state index in [1.807, 2.05) is 30.3 Å². The fourth-order valence-electron chi connectivity index (χ4n) is 2.87.